The van der Waals surface area contributed by atoms with Crippen molar-refractivity contribution in [2.75, 3.05) is 47.8 Å². The number of carbonyl (C=O) groups is 4. The molecule has 2 saturated heterocycles. The van der Waals surface area contributed by atoms with Crippen LogP contribution in [0.15, 0.2) is 91.0 Å². The second-order valence-electron chi connectivity index (χ2n) is 22.4. The minimum absolute atomic E-state index is 0.107. The quantitative estimate of drug-likeness (QED) is 0.0831. The van der Waals surface area contributed by atoms with E-state index >= 15 is 0 Å². The number of thiazole rings is 1. The predicted octanol–water partition coefficient (Wildman–Crippen LogP) is 10.8. The van der Waals surface area contributed by atoms with E-state index in [1.165, 1.54) is 17.8 Å². The molecule has 15 nitrogen and oxygen atoms in total. The monoisotopic (exact) mass is 1060 g/mol. The van der Waals surface area contributed by atoms with Crippen LogP contribution in [-0.2, 0) is 34.3 Å². The Morgan fingerprint density at radius 1 is 0.831 bits per heavy atom. The van der Waals surface area contributed by atoms with Gasteiger partial charge in [0, 0.05) is 75.3 Å². The molecule has 0 bridgehead atoms. The van der Waals surface area contributed by atoms with Crippen molar-refractivity contribution in [3.63, 3.8) is 0 Å². The van der Waals surface area contributed by atoms with Gasteiger partial charge in [0.1, 0.15) is 17.2 Å². The van der Waals surface area contributed by atoms with Gasteiger partial charge in [-0.25, -0.2) is 14.8 Å². The zero-order valence-electron chi connectivity index (χ0n) is 45.1. The maximum absolute atomic E-state index is 14.2. The molecule has 1 unspecified atom stereocenters. The summed E-state index contributed by atoms with van der Waals surface area (Å²) in [6.45, 7) is 15.0. The van der Waals surface area contributed by atoms with Crippen molar-refractivity contribution in [3.05, 3.63) is 125 Å². The number of benzene rings is 4. The lowest BCUT2D eigenvalue weighted by atomic mass is 9.83. The first-order valence-electron chi connectivity index (χ1n) is 27.5. The van der Waals surface area contributed by atoms with E-state index < -0.39 is 17.5 Å². The summed E-state index contributed by atoms with van der Waals surface area (Å²) in [6, 6.07) is 30.5. The summed E-state index contributed by atoms with van der Waals surface area (Å²) in [5, 5.41) is 11.9. The number of carbonyl (C=O) groups excluding carboxylic acids is 4. The van der Waals surface area contributed by atoms with Crippen LogP contribution in [0.4, 0.5) is 16.6 Å². The Bertz CT molecular complexity index is 3350. The lowest BCUT2D eigenvalue weighted by Gasteiger charge is -2.40. The number of anilines is 3. The number of piperazine rings is 1. The average Bonchev–Trinajstić information content (AvgIpc) is 4.04. The number of fused-ring (bicyclic) bond motifs is 3. The van der Waals surface area contributed by atoms with Gasteiger partial charge >= 0.3 is 5.97 Å². The molecule has 6 heterocycles. The van der Waals surface area contributed by atoms with Gasteiger partial charge in [-0.2, -0.15) is 5.10 Å². The van der Waals surface area contributed by atoms with Gasteiger partial charge in [0.15, 0.2) is 10.8 Å². The Morgan fingerprint density at radius 2 is 1.61 bits per heavy atom. The number of hydrogen-bond donors (Lipinski definition) is 2. The Balaban J connectivity index is 0.708. The van der Waals surface area contributed by atoms with E-state index in [2.05, 4.69) is 62.4 Å². The fourth-order valence-corrected chi connectivity index (χ4v) is 12.9. The highest BCUT2D eigenvalue weighted by molar-refractivity contribution is 7.22. The van der Waals surface area contributed by atoms with Crippen molar-refractivity contribution in [2.24, 2.45) is 13.0 Å². The molecule has 1 saturated carbocycles. The van der Waals surface area contributed by atoms with E-state index in [4.69, 9.17) is 19.6 Å². The molecule has 3 aromatic heterocycles. The standard InChI is InChI=1S/C61H69N9O6S/c1-37(68-32-34-69(35-33-68)49-17-10-15-45-54(66-67(6)56(45)49)46-27-29-53(71)64-58(46)73)20-21-39-22-24-41(25-23-39)75-50-18-11-13-42(38(50)2)43-26-28-52(63-55(43)59(74)76-61(3,4)5)70-31-30-40-12-9-14-44(47(40)36-70)57(72)65-60-62-48-16-7-8-19-51(48)77-60/h7-19,26,28,37,39,41,46H,20-25,27,29-36H2,1-6H3,(H,62,65,72)(H,64,71,73)/t37-,39?,41?,46?/m0/s1. The Hall–Kier alpha value is -7.17. The topological polar surface area (TPSA) is 164 Å². The van der Waals surface area contributed by atoms with E-state index in [-0.39, 0.29) is 29.5 Å². The highest BCUT2D eigenvalue weighted by atomic mass is 32.1. The molecule has 400 valence electrons. The van der Waals surface area contributed by atoms with Gasteiger partial charge in [-0.3, -0.25) is 34.6 Å². The summed E-state index contributed by atoms with van der Waals surface area (Å²) in [5.74, 6) is 0.519. The second-order valence-corrected chi connectivity index (χ2v) is 23.5. The molecule has 1 aliphatic carbocycles. The molecule has 3 aliphatic heterocycles. The predicted molar refractivity (Wildman–Crippen MR) is 303 cm³/mol. The fraction of sp³-hybridized carbons (Fsp3) is 0.426. The molecule has 0 radical (unpaired) electrons. The van der Waals surface area contributed by atoms with Gasteiger partial charge in [-0.05, 0) is 157 Å². The lowest BCUT2D eigenvalue weighted by molar-refractivity contribution is -0.134. The smallest absolute Gasteiger partial charge is 0.358 e. The molecular weight excluding hydrogens is 987 g/mol. The molecule has 11 rings (SSSR count). The number of imide groups is 1. The van der Waals surface area contributed by atoms with E-state index in [9.17, 15) is 19.2 Å². The minimum Gasteiger partial charge on any atom is -0.490 e. The summed E-state index contributed by atoms with van der Waals surface area (Å²) in [7, 11) is 1.95. The number of nitrogens with zero attached hydrogens (tertiary/aromatic N) is 7. The van der Waals surface area contributed by atoms with Gasteiger partial charge < -0.3 is 19.3 Å². The molecule has 3 fully saturated rings. The van der Waals surface area contributed by atoms with Gasteiger partial charge in [0.05, 0.1) is 39.1 Å². The Morgan fingerprint density at radius 3 is 2.39 bits per heavy atom. The summed E-state index contributed by atoms with van der Waals surface area (Å²) < 4.78 is 15.8. The number of piperidine rings is 1. The van der Waals surface area contributed by atoms with Crippen molar-refractivity contribution in [1.82, 2.24) is 30.0 Å². The maximum atomic E-state index is 14.2. The van der Waals surface area contributed by atoms with Crippen LogP contribution >= 0.6 is 11.3 Å². The van der Waals surface area contributed by atoms with Crippen molar-refractivity contribution < 1.29 is 28.7 Å². The molecule has 77 heavy (non-hydrogen) atoms. The fourth-order valence-electron chi connectivity index (χ4n) is 12.0. The zero-order chi connectivity index (χ0) is 53.5. The second kappa shape index (κ2) is 21.7. The summed E-state index contributed by atoms with van der Waals surface area (Å²) in [6.07, 6.45) is 8.24. The number of ether oxygens (including phenoxy) is 2. The number of nitrogens with one attached hydrogen (secondary N) is 2. The van der Waals surface area contributed by atoms with E-state index in [0.29, 0.717) is 66.4 Å². The minimum atomic E-state index is -0.735. The number of pyridine rings is 1. The number of aromatic nitrogens is 4. The van der Waals surface area contributed by atoms with Crippen LogP contribution in [-0.4, -0.2) is 98.8 Å². The average molecular weight is 1060 g/mol. The van der Waals surface area contributed by atoms with Crippen LogP contribution < -0.4 is 25.2 Å². The molecule has 2 N–H and O–H groups in total. The first-order chi connectivity index (χ1) is 37.1. The molecular formula is C61H69N9O6S. The molecule has 0 spiro atoms. The highest BCUT2D eigenvalue weighted by Crippen LogP contribution is 2.39. The van der Waals surface area contributed by atoms with E-state index in [1.807, 2.05) is 105 Å². The van der Waals surface area contributed by atoms with Crippen molar-refractivity contribution in [1.29, 1.82) is 0 Å². The first kappa shape index (κ1) is 51.9. The van der Waals surface area contributed by atoms with Gasteiger partial charge in [0.2, 0.25) is 11.8 Å². The van der Waals surface area contributed by atoms with Crippen LogP contribution in [0.5, 0.6) is 5.75 Å². The Labute approximate surface area is 454 Å². The lowest BCUT2D eigenvalue weighted by Crippen LogP contribution is -2.49. The van der Waals surface area contributed by atoms with E-state index in [0.717, 1.165) is 119 Å². The van der Waals surface area contributed by atoms with Crippen molar-refractivity contribution in [2.45, 2.75) is 123 Å². The van der Waals surface area contributed by atoms with Crippen LogP contribution in [0.3, 0.4) is 0 Å². The number of esters is 1. The number of hydrogen-bond acceptors (Lipinski definition) is 13. The summed E-state index contributed by atoms with van der Waals surface area (Å²) in [4.78, 5) is 69.5. The number of amides is 3. The molecule has 4 aromatic carbocycles. The van der Waals surface area contributed by atoms with Crippen LogP contribution in [0.25, 0.3) is 32.2 Å². The van der Waals surface area contributed by atoms with Gasteiger partial charge in [0.25, 0.3) is 5.91 Å². The third-order valence-corrected chi connectivity index (χ3v) is 17.2. The Kier molecular flexibility index (Phi) is 14.6. The van der Waals surface area contributed by atoms with Crippen LogP contribution in [0.1, 0.15) is 128 Å². The first-order valence-corrected chi connectivity index (χ1v) is 28.3. The molecule has 3 amide bonds. The zero-order valence-corrected chi connectivity index (χ0v) is 45.9. The third kappa shape index (κ3) is 11.0. The SMILES string of the molecule is Cc1c(OC2CCC(CC[C@H](C)N3CCN(c4cccc5c(C6CCC(=O)NC6=O)nn(C)c45)CC3)CC2)cccc1-c1ccc(N2CCc3cccc(C(=O)Nc4nc5ccccc5s4)c3C2)nc1C(=O)OC(C)(C)C. The van der Waals surface area contributed by atoms with Crippen molar-refractivity contribution in [3.8, 4) is 16.9 Å². The number of rotatable bonds is 13. The maximum Gasteiger partial charge on any atom is 0.358 e. The number of aryl methyl sites for hydroxylation is 1. The normalized spacial score (nSPS) is 19.7. The summed E-state index contributed by atoms with van der Waals surface area (Å²) >= 11 is 1.45. The number of para-hydroxylation sites is 2. The third-order valence-electron chi connectivity index (χ3n) is 16.2. The molecule has 7 aromatic rings. The van der Waals surface area contributed by atoms with Crippen LogP contribution in [0.2, 0.25) is 0 Å². The molecule has 4 aliphatic rings. The summed E-state index contributed by atoms with van der Waals surface area (Å²) in [5.41, 5.74) is 8.43. The highest BCUT2D eigenvalue weighted by Gasteiger charge is 2.34. The molecule has 2 atom stereocenters. The van der Waals surface area contributed by atoms with Crippen molar-refractivity contribution >= 4 is 72.8 Å². The van der Waals surface area contributed by atoms with E-state index in [1.54, 1.807) is 0 Å². The largest absolute Gasteiger partial charge is 0.490 e. The van der Waals surface area contributed by atoms with Gasteiger partial charge in [-0.1, -0.05) is 59.9 Å². The van der Waals surface area contributed by atoms with Gasteiger partial charge in [-0.15, -0.1) is 0 Å². The van der Waals surface area contributed by atoms with Crippen LogP contribution in [0, 0.1) is 12.8 Å². The molecule has 16 heteroatoms.